The van der Waals surface area contributed by atoms with Crippen molar-refractivity contribution in [2.75, 3.05) is 0 Å². The van der Waals surface area contributed by atoms with E-state index in [4.69, 9.17) is 4.74 Å². The van der Waals surface area contributed by atoms with Gasteiger partial charge >= 0.3 is 5.97 Å². The summed E-state index contributed by atoms with van der Waals surface area (Å²) in [6, 6.07) is 12.8. The highest BCUT2D eigenvalue weighted by atomic mass is 16.6. The third-order valence-corrected chi connectivity index (χ3v) is 2.58. The van der Waals surface area contributed by atoms with Crippen LogP contribution in [0.15, 0.2) is 48.5 Å². The lowest BCUT2D eigenvalue weighted by molar-refractivity contribution is -0.385. The lowest BCUT2D eigenvalue weighted by Gasteiger charge is -2.05. The average Bonchev–Trinajstić information content (AvgIpc) is 2.39. The van der Waals surface area contributed by atoms with Crippen LogP contribution < -0.4 is 4.74 Å². The first-order chi connectivity index (χ1) is 9.08. The van der Waals surface area contributed by atoms with Crippen molar-refractivity contribution in [1.29, 1.82) is 0 Å². The van der Waals surface area contributed by atoms with Crippen LogP contribution in [0.5, 0.6) is 5.75 Å². The van der Waals surface area contributed by atoms with Gasteiger partial charge in [-0.15, -0.1) is 0 Å². The predicted molar refractivity (Wildman–Crippen MR) is 69.2 cm³/mol. The van der Waals surface area contributed by atoms with Gasteiger partial charge in [-0.25, -0.2) is 4.79 Å². The van der Waals surface area contributed by atoms with Gasteiger partial charge in [-0.1, -0.05) is 18.2 Å². The Balaban J connectivity index is 2.21. The number of nitrogens with zero attached hydrogens (tertiary/aromatic N) is 1. The molecule has 0 saturated carbocycles. The second kappa shape index (κ2) is 5.30. The average molecular weight is 257 g/mol. The standard InChI is InChI=1S/C14H11NO4/c1-10-9-11(7-8-13(10)15(17)18)14(16)19-12-5-3-2-4-6-12/h2-9H,1H3. The Labute approximate surface area is 109 Å². The van der Waals surface area contributed by atoms with Gasteiger partial charge in [-0.3, -0.25) is 10.1 Å². The molecule has 0 aliphatic rings. The summed E-state index contributed by atoms with van der Waals surface area (Å²) in [7, 11) is 0. The highest BCUT2D eigenvalue weighted by molar-refractivity contribution is 5.91. The summed E-state index contributed by atoms with van der Waals surface area (Å²) in [4.78, 5) is 22.1. The van der Waals surface area contributed by atoms with Crippen molar-refractivity contribution in [3.05, 3.63) is 69.8 Å². The number of esters is 1. The molecule has 0 N–H and O–H groups in total. The predicted octanol–water partition coefficient (Wildman–Crippen LogP) is 3.12. The van der Waals surface area contributed by atoms with Gasteiger partial charge in [-0.2, -0.15) is 0 Å². The number of benzene rings is 2. The maximum Gasteiger partial charge on any atom is 0.343 e. The van der Waals surface area contributed by atoms with Crippen molar-refractivity contribution in [2.45, 2.75) is 6.92 Å². The smallest absolute Gasteiger partial charge is 0.343 e. The molecule has 5 nitrogen and oxygen atoms in total. The summed E-state index contributed by atoms with van der Waals surface area (Å²) in [5.74, 6) is -0.104. The van der Waals surface area contributed by atoms with Gasteiger partial charge in [0.15, 0.2) is 0 Å². The van der Waals surface area contributed by atoms with Crippen LogP contribution in [0.2, 0.25) is 0 Å². The molecular weight excluding hydrogens is 246 g/mol. The topological polar surface area (TPSA) is 69.4 Å². The van der Waals surface area contributed by atoms with E-state index < -0.39 is 10.9 Å². The fraction of sp³-hybridized carbons (Fsp3) is 0.0714. The molecule has 0 aliphatic carbocycles. The van der Waals surface area contributed by atoms with Crippen LogP contribution in [-0.2, 0) is 0 Å². The minimum Gasteiger partial charge on any atom is -0.423 e. The molecular formula is C14H11NO4. The Kier molecular flexibility index (Phi) is 3.56. The van der Waals surface area contributed by atoms with Gasteiger partial charge in [0, 0.05) is 11.6 Å². The molecule has 0 unspecified atom stereocenters. The van der Waals surface area contributed by atoms with E-state index in [1.165, 1.54) is 18.2 Å². The molecule has 19 heavy (non-hydrogen) atoms. The minimum absolute atomic E-state index is 0.0174. The van der Waals surface area contributed by atoms with E-state index in [1.54, 1.807) is 31.2 Å². The van der Waals surface area contributed by atoms with Crippen LogP contribution in [-0.4, -0.2) is 10.9 Å². The number of nitro benzene ring substituents is 1. The van der Waals surface area contributed by atoms with Crippen LogP contribution in [0.25, 0.3) is 0 Å². The minimum atomic E-state index is -0.538. The molecule has 0 radical (unpaired) electrons. The molecule has 2 aromatic carbocycles. The van der Waals surface area contributed by atoms with Gasteiger partial charge in [0.1, 0.15) is 5.75 Å². The van der Waals surface area contributed by atoms with Crippen molar-refractivity contribution in [2.24, 2.45) is 0 Å². The van der Waals surface area contributed by atoms with Crippen molar-refractivity contribution in [1.82, 2.24) is 0 Å². The molecule has 0 amide bonds. The SMILES string of the molecule is Cc1cc(C(=O)Oc2ccccc2)ccc1[N+](=O)[O-]. The molecule has 0 bridgehead atoms. The molecule has 96 valence electrons. The second-order valence-electron chi connectivity index (χ2n) is 3.96. The Hall–Kier alpha value is -2.69. The highest BCUT2D eigenvalue weighted by Crippen LogP contribution is 2.20. The van der Waals surface area contributed by atoms with Gasteiger partial charge in [0.2, 0.25) is 0 Å². The number of para-hydroxylation sites is 1. The fourth-order valence-electron chi connectivity index (χ4n) is 1.64. The number of rotatable bonds is 3. The van der Waals surface area contributed by atoms with Crippen molar-refractivity contribution < 1.29 is 14.5 Å². The highest BCUT2D eigenvalue weighted by Gasteiger charge is 2.15. The maximum atomic E-state index is 11.9. The first kappa shape index (κ1) is 12.8. The summed E-state index contributed by atoms with van der Waals surface area (Å²) >= 11 is 0. The number of aryl methyl sites for hydroxylation is 1. The number of nitro groups is 1. The number of hydrogen-bond acceptors (Lipinski definition) is 4. The molecule has 2 aromatic rings. The monoisotopic (exact) mass is 257 g/mol. The van der Waals surface area contributed by atoms with Gasteiger partial charge in [0.05, 0.1) is 10.5 Å². The van der Waals surface area contributed by atoms with Crippen molar-refractivity contribution in [3.63, 3.8) is 0 Å². The zero-order valence-electron chi connectivity index (χ0n) is 10.2. The number of hydrogen-bond donors (Lipinski definition) is 0. The Bertz CT molecular complexity index is 623. The molecule has 0 fully saturated rings. The molecule has 0 atom stereocenters. The molecule has 0 aromatic heterocycles. The summed E-state index contributed by atoms with van der Waals surface area (Å²) < 4.78 is 5.15. The molecule has 5 heteroatoms. The summed E-state index contributed by atoms with van der Waals surface area (Å²) in [5, 5.41) is 10.7. The first-order valence-corrected chi connectivity index (χ1v) is 5.60. The largest absolute Gasteiger partial charge is 0.423 e. The van der Waals surface area contributed by atoms with E-state index in [2.05, 4.69) is 0 Å². The quantitative estimate of drug-likeness (QED) is 0.366. The second-order valence-corrected chi connectivity index (χ2v) is 3.96. The van der Waals surface area contributed by atoms with Crippen LogP contribution in [0, 0.1) is 17.0 Å². The van der Waals surface area contributed by atoms with Crippen molar-refractivity contribution in [3.8, 4) is 5.75 Å². The molecule has 0 aliphatic heterocycles. The Morgan fingerprint density at radius 3 is 2.42 bits per heavy atom. The van der Waals surface area contributed by atoms with Crippen LogP contribution >= 0.6 is 0 Å². The third kappa shape index (κ3) is 2.95. The third-order valence-electron chi connectivity index (χ3n) is 2.58. The van der Waals surface area contributed by atoms with Gasteiger partial charge < -0.3 is 4.74 Å². The van der Waals surface area contributed by atoms with E-state index >= 15 is 0 Å². The van der Waals surface area contributed by atoms with Gasteiger partial charge in [-0.05, 0) is 31.2 Å². The summed E-state index contributed by atoms with van der Waals surface area (Å²) in [6.45, 7) is 1.58. The summed E-state index contributed by atoms with van der Waals surface area (Å²) in [5.41, 5.74) is 0.690. The number of ether oxygens (including phenoxy) is 1. The molecule has 0 spiro atoms. The van der Waals surface area contributed by atoms with E-state index in [1.807, 2.05) is 6.07 Å². The number of carbonyl (C=O) groups excluding carboxylic acids is 1. The van der Waals surface area contributed by atoms with E-state index in [-0.39, 0.29) is 11.3 Å². The first-order valence-electron chi connectivity index (χ1n) is 5.60. The lowest BCUT2D eigenvalue weighted by atomic mass is 10.1. The van der Waals surface area contributed by atoms with E-state index in [0.29, 0.717) is 11.3 Å². The zero-order chi connectivity index (χ0) is 13.8. The molecule has 0 saturated heterocycles. The normalized spacial score (nSPS) is 9.95. The van der Waals surface area contributed by atoms with Crippen molar-refractivity contribution >= 4 is 11.7 Å². The van der Waals surface area contributed by atoms with Crippen LogP contribution in [0.1, 0.15) is 15.9 Å². The van der Waals surface area contributed by atoms with E-state index in [9.17, 15) is 14.9 Å². The zero-order valence-corrected chi connectivity index (χ0v) is 10.2. The van der Waals surface area contributed by atoms with E-state index in [0.717, 1.165) is 0 Å². The molecule has 0 heterocycles. The maximum absolute atomic E-state index is 11.9. The summed E-state index contributed by atoms with van der Waals surface area (Å²) in [6.07, 6.45) is 0. The lowest BCUT2D eigenvalue weighted by Crippen LogP contribution is -2.09. The Morgan fingerprint density at radius 2 is 1.84 bits per heavy atom. The van der Waals surface area contributed by atoms with Crippen LogP contribution in [0.3, 0.4) is 0 Å². The fourth-order valence-corrected chi connectivity index (χ4v) is 1.64. The Morgan fingerprint density at radius 1 is 1.16 bits per heavy atom. The molecule has 2 rings (SSSR count). The van der Waals surface area contributed by atoms with Crippen LogP contribution in [0.4, 0.5) is 5.69 Å². The van der Waals surface area contributed by atoms with Gasteiger partial charge in [0.25, 0.3) is 5.69 Å². The number of carbonyl (C=O) groups is 1.